The van der Waals surface area contributed by atoms with Gasteiger partial charge in [-0.15, -0.1) is 10.2 Å². The predicted molar refractivity (Wildman–Crippen MR) is 117 cm³/mol. The highest BCUT2D eigenvalue weighted by molar-refractivity contribution is 7.99. The van der Waals surface area contributed by atoms with Crippen LogP contribution in [-0.2, 0) is 11.8 Å². The third-order valence-electron chi connectivity index (χ3n) is 4.18. The maximum atomic E-state index is 12.6. The van der Waals surface area contributed by atoms with E-state index >= 15 is 0 Å². The Hall–Kier alpha value is -2.88. The van der Waals surface area contributed by atoms with Gasteiger partial charge in [0.05, 0.1) is 22.2 Å². The zero-order valence-electron chi connectivity index (χ0n) is 15.7. The quantitative estimate of drug-likeness (QED) is 0.436. The number of anilines is 1. The molecule has 8 nitrogen and oxygen atoms in total. The molecule has 0 aliphatic rings. The SMILES string of the molecule is Cn1c(SCC(=O)Nc2cc(Cl)ccc2-n2cncn2)nnc1-c1ccccc1Cl. The monoisotopic (exact) mass is 459 g/mol. The highest BCUT2D eigenvalue weighted by Crippen LogP contribution is 2.29. The van der Waals surface area contributed by atoms with Crippen molar-refractivity contribution < 1.29 is 4.79 Å². The average Bonchev–Trinajstić information content (AvgIpc) is 3.37. The molecule has 2 aromatic heterocycles. The second-order valence-electron chi connectivity index (χ2n) is 6.18. The molecule has 2 heterocycles. The van der Waals surface area contributed by atoms with Gasteiger partial charge in [-0.1, -0.05) is 47.1 Å². The molecule has 152 valence electrons. The second kappa shape index (κ2) is 8.86. The van der Waals surface area contributed by atoms with Gasteiger partial charge in [-0.3, -0.25) is 4.79 Å². The number of benzene rings is 2. The summed E-state index contributed by atoms with van der Waals surface area (Å²) in [6.07, 6.45) is 2.96. The normalized spacial score (nSPS) is 10.9. The van der Waals surface area contributed by atoms with Gasteiger partial charge in [-0.2, -0.15) is 5.10 Å². The van der Waals surface area contributed by atoms with Crippen molar-refractivity contribution in [1.82, 2.24) is 29.5 Å². The van der Waals surface area contributed by atoms with Gasteiger partial charge in [-0.25, -0.2) is 9.67 Å². The van der Waals surface area contributed by atoms with Crippen LogP contribution in [0.5, 0.6) is 0 Å². The van der Waals surface area contributed by atoms with Crippen LogP contribution < -0.4 is 5.32 Å². The number of hydrogen-bond acceptors (Lipinski definition) is 6. The summed E-state index contributed by atoms with van der Waals surface area (Å²) in [6.45, 7) is 0. The van der Waals surface area contributed by atoms with E-state index in [2.05, 4.69) is 25.6 Å². The summed E-state index contributed by atoms with van der Waals surface area (Å²) in [6, 6.07) is 12.6. The molecule has 4 rings (SSSR count). The Kier molecular flexibility index (Phi) is 6.03. The standard InChI is InChI=1S/C19H15Cl2N7OS/c1-27-18(13-4-2-3-5-14(13)21)25-26-19(27)30-9-17(29)24-15-8-12(20)6-7-16(15)28-11-22-10-23-28/h2-8,10-11H,9H2,1H3,(H,24,29). The third kappa shape index (κ3) is 4.33. The van der Waals surface area contributed by atoms with E-state index < -0.39 is 0 Å². The summed E-state index contributed by atoms with van der Waals surface area (Å²) >= 11 is 13.6. The van der Waals surface area contributed by atoms with Gasteiger partial charge in [0.25, 0.3) is 0 Å². The van der Waals surface area contributed by atoms with Crippen LogP contribution in [0.4, 0.5) is 5.69 Å². The summed E-state index contributed by atoms with van der Waals surface area (Å²) in [5.74, 6) is 0.551. The summed E-state index contributed by atoms with van der Waals surface area (Å²) in [7, 11) is 1.83. The molecular formula is C19H15Cl2N7OS. The first-order valence-corrected chi connectivity index (χ1v) is 10.5. The molecule has 4 aromatic rings. The van der Waals surface area contributed by atoms with E-state index in [0.717, 1.165) is 5.56 Å². The van der Waals surface area contributed by atoms with Crippen LogP contribution in [0.1, 0.15) is 0 Å². The van der Waals surface area contributed by atoms with E-state index in [4.69, 9.17) is 23.2 Å². The van der Waals surface area contributed by atoms with E-state index in [1.54, 1.807) is 39.8 Å². The molecule has 2 aromatic carbocycles. The third-order valence-corrected chi connectivity index (χ3v) is 5.77. The number of aromatic nitrogens is 6. The van der Waals surface area contributed by atoms with Crippen molar-refractivity contribution in [3.05, 3.63) is 65.2 Å². The summed E-state index contributed by atoms with van der Waals surface area (Å²) in [5.41, 5.74) is 1.98. The lowest BCUT2D eigenvalue weighted by molar-refractivity contribution is -0.113. The first-order valence-electron chi connectivity index (χ1n) is 8.74. The molecule has 0 atom stereocenters. The highest BCUT2D eigenvalue weighted by atomic mass is 35.5. The van der Waals surface area contributed by atoms with E-state index in [-0.39, 0.29) is 11.7 Å². The molecule has 30 heavy (non-hydrogen) atoms. The lowest BCUT2D eigenvalue weighted by Gasteiger charge is -2.11. The van der Waals surface area contributed by atoms with E-state index in [1.165, 1.54) is 18.1 Å². The fourth-order valence-corrected chi connectivity index (χ4v) is 3.88. The van der Waals surface area contributed by atoms with Crippen molar-refractivity contribution in [3.8, 4) is 17.1 Å². The van der Waals surface area contributed by atoms with Gasteiger partial charge in [0.15, 0.2) is 11.0 Å². The molecule has 11 heteroatoms. The van der Waals surface area contributed by atoms with Gasteiger partial charge in [0.1, 0.15) is 12.7 Å². The molecule has 0 bridgehead atoms. The van der Waals surface area contributed by atoms with Crippen LogP contribution in [0, 0.1) is 0 Å². The minimum Gasteiger partial charge on any atom is -0.323 e. The van der Waals surface area contributed by atoms with Crippen LogP contribution in [-0.4, -0.2) is 41.2 Å². The van der Waals surface area contributed by atoms with Crippen molar-refractivity contribution in [2.75, 3.05) is 11.1 Å². The maximum Gasteiger partial charge on any atom is 0.234 e. The van der Waals surface area contributed by atoms with Gasteiger partial charge < -0.3 is 9.88 Å². The number of nitrogens with zero attached hydrogens (tertiary/aromatic N) is 6. The minimum absolute atomic E-state index is 0.137. The molecule has 0 aliphatic heterocycles. The number of thioether (sulfide) groups is 1. The number of halogens is 2. The molecule has 0 fully saturated rings. The molecule has 0 unspecified atom stereocenters. The zero-order valence-corrected chi connectivity index (χ0v) is 18.0. The zero-order chi connectivity index (χ0) is 21.1. The Balaban J connectivity index is 1.47. The molecule has 1 amide bonds. The molecule has 0 spiro atoms. The molecule has 1 N–H and O–H groups in total. The van der Waals surface area contributed by atoms with Crippen molar-refractivity contribution in [3.63, 3.8) is 0 Å². The largest absolute Gasteiger partial charge is 0.323 e. The maximum absolute atomic E-state index is 12.6. The van der Waals surface area contributed by atoms with Gasteiger partial charge >= 0.3 is 0 Å². The van der Waals surface area contributed by atoms with Crippen LogP contribution in [0.2, 0.25) is 10.0 Å². The van der Waals surface area contributed by atoms with Gasteiger partial charge in [0, 0.05) is 17.6 Å². The summed E-state index contributed by atoms with van der Waals surface area (Å²) in [4.78, 5) is 16.5. The van der Waals surface area contributed by atoms with Crippen LogP contribution >= 0.6 is 35.0 Å². The summed E-state index contributed by atoms with van der Waals surface area (Å²) in [5, 5.41) is 17.0. The first kappa shape index (κ1) is 20.4. The number of amides is 1. The van der Waals surface area contributed by atoms with E-state index in [1.807, 2.05) is 25.2 Å². The smallest absolute Gasteiger partial charge is 0.234 e. The Morgan fingerprint density at radius 1 is 1.17 bits per heavy atom. The Labute approximate surface area is 186 Å². The molecule has 0 saturated carbocycles. The number of nitrogens with one attached hydrogen (secondary N) is 1. The first-order chi connectivity index (χ1) is 14.5. The van der Waals surface area contributed by atoms with Crippen LogP contribution in [0.15, 0.2) is 60.3 Å². The average molecular weight is 460 g/mol. The Bertz CT molecular complexity index is 1190. The Morgan fingerprint density at radius 3 is 2.77 bits per heavy atom. The lowest BCUT2D eigenvalue weighted by Crippen LogP contribution is -2.16. The lowest BCUT2D eigenvalue weighted by atomic mass is 10.2. The Morgan fingerprint density at radius 2 is 2.00 bits per heavy atom. The molecule has 0 saturated heterocycles. The van der Waals surface area contributed by atoms with Crippen LogP contribution in [0.25, 0.3) is 17.1 Å². The highest BCUT2D eigenvalue weighted by Gasteiger charge is 2.16. The second-order valence-corrected chi connectivity index (χ2v) is 7.97. The van der Waals surface area contributed by atoms with Crippen molar-refractivity contribution in [2.45, 2.75) is 5.16 Å². The number of rotatable bonds is 6. The fourth-order valence-electron chi connectivity index (χ4n) is 2.77. The van der Waals surface area contributed by atoms with Crippen molar-refractivity contribution >= 4 is 46.6 Å². The molecule has 0 aliphatic carbocycles. The summed E-state index contributed by atoms with van der Waals surface area (Å²) < 4.78 is 3.36. The fraction of sp³-hybridized carbons (Fsp3) is 0.105. The number of carbonyl (C=O) groups is 1. The number of hydrogen-bond donors (Lipinski definition) is 1. The van der Waals surface area contributed by atoms with Crippen molar-refractivity contribution in [1.29, 1.82) is 0 Å². The van der Waals surface area contributed by atoms with E-state index in [9.17, 15) is 4.79 Å². The van der Waals surface area contributed by atoms with Gasteiger partial charge in [0.2, 0.25) is 5.91 Å². The predicted octanol–water partition coefficient (Wildman–Crippen LogP) is 4.10. The topological polar surface area (TPSA) is 90.5 Å². The molecule has 0 radical (unpaired) electrons. The van der Waals surface area contributed by atoms with Crippen molar-refractivity contribution in [2.24, 2.45) is 7.05 Å². The van der Waals surface area contributed by atoms with E-state index in [0.29, 0.717) is 32.4 Å². The molecular weight excluding hydrogens is 445 g/mol. The van der Waals surface area contributed by atoms with Crippen LogP contribution in [0.3, 0.4) is 0 Å². The minimum atomic E-state index is -0.217. The number of carbonyl (C=O) groups excluding carboxylic acids is 1. The van der Waals surface area contributed by atoms with Gasteiger partial charge in [-0.05, 0) is 30.3 Å².